The van der Waals surface area contributed by atoms with Gasteiger partial charge in [-0.05, 0) is 25.1 Å². The van der Waals surface area contributed by atoms with Gasteiger partial charge in [-0.3, -0.25) is 9.69 Å². The summed E-state index contributed by atoms with van der Waals surface area (Å²) in [5.41, 5.74) is 3.77. The highest BCUT2D eigenvalue weighted by Crippen LogP contribution is 2.37. The van der Waals surface area contributed by atoms with Crippen LogP contribution in [0, 0.1) is 17.6 Å². The molecule has 0 radical (unpaired) electrons. The number of aromatic nitrogens is 2. The summed E-state index contributed by atoms with van der Waals surface area (Å²) in [5, 5.41) is 2.59. The van der Waals surface area contributed by atoms with Gasteiger partial charge in [0.2, 0.25) is 11.7 Å². The van der Waals surface area contributed by atoms with Gasteiger partial charge < -0.3 is 20.7 Å². The van der Waals surface area contributed by atoms with Crippen molar-refractivity contribution in [2.45, 2.75) is 24.6 Å². The standard InChI is InChI=1S/C23H25F7N6O2/c24-16-7-13(23(28,29)30)1-2-15(16)17-10-38-6-5-36(17)21-19(25)20(33-12-34-21)32-8-14-3-4-35(9-18(31)37)11-22(14,26)27/h1-2,7,12,14,17H,3-6,8-11H2,(H2,31,37)(H,32,33,34)/t14?,17-/m1/s1. The summed E-state index contributed by atoms with van der Waals surface area (Å²) in [4.78, 5) is 21.4. The number of morpholine rings is 1. The number of nitrogens with one attached hydrogen (secondary N) is 1. The number of piperidine rings is 1. The van der Waals surface area contributed by atoms with Gasteiger partial charge in [0, 0.05) is 24.6 Å². The van der Waals surface area contributed by atoms with Crippen LogP contribution < -0.4 is 16.0 Å². The Morgan fingerprint density at radius 2 is 1.97 bits per heavy atom. The first-order valence-corrected chi connectivity index (χ1v) is 11.7. The van der Waals surface area contributed by atoms with Crippen molar-refractivity contribution in [3.8, 4) is 0 Å². The molecule has 1 amide bonds. The van der Waals surface area contributed by atoms with Gasteiger partial charge in [0.15, 0.2) is 11.6 Å². The van der Waals surface area contributed by atoms with Gasteiger partial charge in [0.25, 0.3) is 5.92 Å². The molecule has 0 saturated carbocycles. The fourth-order valence-electron chi connectivity index (χ4n) is 4.66. The molecule has 2 aliphatic rings. The first-order valence-electron chi connectivity index (χ1n) is 11.7. The van der Waals surface area contributed by atoms with Gasteiger partial charge >= 0.3 is 6.18 Å². The lowest BCUT2D eigenvalue weighted by molar-refractivity contribution is -0.137. The Bertz CT molecular complexity index is 1170. The number of anilines is 2. The molecular weight excluding hydrogens is 525 g/mol. The van der Waals surface area contributed by atoms with Crippen LogP contribution in [0.3, 0.4) is 0 Å². The summed E-state index contributed by atoms with van der Waals surface area (Å²) in [6.45, 7) is -1.09. The zero-order chi connectivity index (χ0) is 27.7. The van der Waals surface area contributed by atoms with E-state index < -0.39 is 53.7 Å². The Balaban J connectivity index is 1.51. The fraction of sp³-hybridized carbons (Fsp3) is 0.522. The van der Waals surface area contributed by atoms with Crippen molar-refractivity contribution < 1.29 is 40.3 Å². The van der Waals surface area contributed by atoms with Crippen molar-refractivity contribution in [3.63, 3.8) is 0 Å². The Kier molecular flexibility index (Phi) is 7.97. The van der Waals surface area contributed by atoms with E-state index in [0.29, 0.717) is 6.07 Å². The molecule has 0 bridgehead atoms. The number of nitrogens with two attached hydrogens (primary N) is 1. The van der Waals surface area contributed by atoms with Crippen LogP contribution in [0.15, 0.2) is 24.5 Å². The van der Waals surface area contributed by atoms with Crippen LogP contribution in [0.25, 0.3) is 0 Å². The number of halogens is 7. The van der Waals surface area contributed by atoms with Gasteiger partial charge in [-0.2, -0.15) is 17.6 Å². The molecule has 2 aromatic rings. The van der Waals surface area contributed by atoms with Crippen LogP contribution in [0.5, 0.6) is 0 Å². The molecule has 2 fully saturated rings. The van der Waals surface area contributed by atoms with Crippen LogP contribution in [-0.4, -0.2) is 72.6 Å². The van der Waals surface area contributed by atoms with Crippen LogP contribution in [0.2, 0.25) is 0 Å². The molecule has 0 spiro atoms. The highest BCUT2D eigenvalue weighted by atomic mass is 19.4. The SMILES string of the molecule is NC(=O)CN1CCC(CNc2ncnc(N3CCOC[C@@H]3c3ccc(C(F)(F)F)cc3F)c2F)C(F)(F)C1. The highest BCUT2D eigenvalue weighted by Gasteiger charge is 2.44. The van der Waals surface area contributed by atoms with Crippen molar-refractivity contribution in [3.05, 3.63) is 47.3 Å². The van der Waals surface area contributed by atoms with Crippen molar-refractivity contribution in [2.75, 3.05) is 56.2 Å². The van der Waals surface area contributed by atoms with Crippen molar-refractivity contribution in [2.24, 2.45) is 11.7 Å². The first kappa shape index (κ1) is 27.8. The maximum atomic E-state index is 15.5. The van der Waals surface area contributed by atoms with Gasteiger partial charge in [-0.1, -0.05) is 6.07 Å². The van der Waals surface area contributed by atoms with Gasteiger partial charge in [0.1, 0.15) is 12.1 Å². The van der Waals surface area contributed by atoms with Crippen LogP contribution in [-0.2, 0) is 15.7 Å². The van der Waals surface area contributed by atoms with Crippen molar-refractivity contribution >= 4 is 17.5 Å². The van der Waals surface area contributed by atoms with Crippen LogP contribution in [0.4, 0.5) is 42.4 Å². The van der Waals surface area contributed by atoms with E-state index >= 15 is 4.39 Å². The lowest BCUT2D eigenvalue weighted by atomic mass is 9.92. The van der Waals surface area contributed by atoms with E-state index in [0.717, 1.165) is 18.5 Å². The molecule has 1 aromatic carbocycles. The van der Waals surface area contributed by atoms with E-state index in [-0.39, 0.29) is 63.0 Å². The Morgan fingerprint density at radius 1 is 1.21 bits per heavy atom. The predicted octanol–water partition coefficient (Wildman–Crippen LogP) is 3.21. The molecular formula is C23H25F7N6O2. The normalized spacial score (nSPS) is 22.3. The van der Waals surface area contributed by atoms with Gasteiger partial charge in [-0.25, -0.2) is 23.1 Å². The molecule has 8 nitrogen and oxygen atoms in total. The molecule has 1 unspecified atom stereocenters. The van der Waals surface area contributed by atoms with E-state index in [9.17, 15) is 31.1 Å². The second-order valence-corrected chi connectivity index (χ2v) is 9.18. The zero-order valence-corrected chi connectivity index (χ0v) is 19.9. The number of primary amides is 1. The lowest BCUT2D eigenvalue weighted by Crippen LogP contribution is -2.52. The number of alkyl halides is 5. The Morgan fingerprint density at radius 3 is 2.63 bits per heavy atom. The molecule has 4 rings (SSSR count). The average Bonchev–Trinajstić information content (AvgIpc) is 2.83. The third-order valence-corrected chi connectivity index (χ3v) is 6.58. The third kappa shape index (κ3) is 6.09. The number of benzene rings is 1. The summed E-state index contributed by atoms with van der Waals surface area (Å²) in [7, 11) is 0. The Labute approximate surface area is 213 Å². The number of hydrogen-bond acceptors (Lipinski definition) is 7. The summed E-state index contributed by atoms with van der Waals surface area (Å²) in [6.07, 6.45) is -3.72. The van der Waals surface area contributed by atoms with Crippen LogP contribution >= 0.6 is 0 Å². The van der Waals surface area contributed by atoms with Crippen LogP contribution in [0.1, 0.15) is 23.6 Å². The van der Waals surface area contributed by atoms with Crippen molar-refractivity contribution in [1.29, 1.82) is 0 Å². The van der Waals surface area contributed by atoms with E-state index in [1.54, 1.807) is 0 Å². The third-order valence-electron chi connectivity index (χ3n) is 6.58. The summed E-state index contributed by atoms with van der Waals surface area (Å²) < 4.78 is 104. The highest BCUT2D eigenvalue weighted by molar-refractivity contribution is 5.75. The predicted molar refractivity (Wildman–Crippen MR) is 121 cm³/mol. The average molecular weight is 550 g/mol. The van der Waals surface area contributed by atoms with E-state index in [1.807, 2.05) is 0 Å². The lowest BCUT2D eigenvalue weighted by Gasteiger charge is -2.38. The number of likely N-dealkylation sites (tertiary alicyclic amines) is 1. The number of amides is 1. The van der Waals surface area contributed by atoms with Crippen molar-refractivity contribution in [1.82, 2.24) is 14.9 Å². The van der Waals surface area contributed by atoms with Gasteiger partial charge in [-0.15, -0.1) is 0 Å². The number of hydrogen-bond donors (Lipinski definition) is 2. The minimum atomic E-state index is -4.74. The Hall–Kier alpha value is -3.20. The number of nitrogens with zero attached hydrogens (tertiary/aromatic N) is 4. The molecule has 208 valence electrons. The first-order chi connectivity index (χ1) is 17.9. The second-order valence-electron chi connectivity index (χ2n) is 9.18. The topological polar surface area (TPSA) is 96.6 Å². The monoisotopic (exact) mass is 550 g/mol. The molecule has 3 N–H and O–H groups in total. The molecule has 0 aliphatic carbocycles. The summed E-state index contributed by atoms with van der Waals surface area (Å²) in [5.74, 6) is -7.84. The van der Waals surface area contributed by atoms with E-state index in [1.165, 1.54) is 9.80 Å². The number of rotatable bonds is 7. The molecule has 2 atom stereocenters. The fourth-order valence-corrected chi connectivity index (χ4v) is 4.66. The molecule has 2 saturated heterocycles. The van der Waals surface area contributed by atoms with Gasteiger partial charge in [0.05, 0.1) is 37.9 Å². The zero-order valence-electron chi connectivity index (χ0n) is 19.9. The van der Waals surface area contributed by atoms with E-state index in [4.69, 9.17) is 10.5 Å². The molecule has 3 heterocycles. The number of carbonyl (C=O) groups excluding carboxylic acids is 1. The maximum absolute atomic E-state index is 15.5. The minimum absolute atomic E-state index is 0.0194. The molecule has 38 heavy (non-hydrogen) atoms. The van der Waals surface area contributed by atoms with E-state index in [2.05, 4.69) is 15.3 Å². The largest absolute Gasteiger partial charge is 0.416 e. The second kappa shape index (κ2) is 10.9. The minimum Gasteiger partial charge on any atom is -0.377 e. The maximum Gasteiger partial charge on any atom is 0.416 e. The molecule has 1 aromatic heterocycles. The molecule has 15 heteroatoms. The molecule has 2 aliphatic heterocycles. The smallest absolute Gasteiger partial charge is 0.377 e. The quantitative estimate of drug-likeness (QED) is 0.512. The number of ether oxygens (including phenoxy) is 1. The number of carbonyl (C=O) groups is 1. The summed E-state index contributed by atoms with van der Waals surface area (Å²) in [6, 6.07) is 1.06. The summed E-state index contributed by atoms with van der Waals surface area (Å²) >= 11 is 0.